The van der Waals surface area contributed by atoms with Crippen LogP contribution in [-0.2, 0) is 17.6 Å². The summed E-state index contributed by atoms with van der Waals surface area (Å²) in [5, 5.41) is 2.07. The number of amides is 1. The molecule has 1 aliphatic rings. The van der Waals surface area contributed by atoms with Crippen molar-refractivity contribution >= 4 is 27.9 Å². The van der Waals surface area contributed by atoms with E-state index in [-0.39, 0.29) is 5.91 Å². The van der Waals surface area contributed by atoms with Gasteiger partial charge in [-0.2, -0.15) is 0 Å². The van der Waals surface area contributed by atoms with Crippen molar-refractivity contribution in [3.8, 4) is 11.3 Å². The van der Waals surface area contributed by atoms with Crippen molar-refractivity contribution in [3.05, 3.63) is 76.4 Å². The zero-order chi connectivity index (χ0) is 22.9. The van der Waals surface area contributed by atoms with Crippen molar-refractivity contribution in [1.29, 1.82) is 0 Å². The molecule has 6 heteroatoms. The van der Waals surface area contributed by atoms with Gasteiger partial charge in [-0.3, -0.25) is 9.20 Å². The molecule has 33 heavy (non-hydrogen) atoms. The van der Waals surface area contributed by atoms with Crippen molar-refractivity contribution in [1.82, 2.24) is 14.3 Å². The number of benzene rings is 2. The molecule has 1 aliphatic heterocycles. The van der Waals surface area contributed by atoms with Gasteiger partial charge in [-0.1, -0.05) is 43.3 Å². The molecular weight excluding hydrogens is 428 g/mol. The lowest BCUT2D eigenvalue weighted by molar-refractivity contribution is -0.130. The first-order valence-electron chi connectivity index (χ1n) is 11.7. The van der Waals surface area contributed by atoms with Gasteiger partial charge in [0.1, 0.15) is 0 Å². The first kappa shape index (κ1) is 21.7. The molecule has 0 aliphatic carbocycles. The second kappa shape index (κ2) is 9.02. The maximum atomic E-state index is 13.1. The summed E-state index contributed by atoms with van der Waals surface area (Å²) in [5.41, 5.74) is 8.35. The van der Waals surface area contributed by atoms with E-state index in [0.29, 0.717) is 6.42 Å². The Balaban J connectivity index is 1.26. The number of aromatic nitrogens is 2. The third-order valence-electron chi connectivity index (χ3n) is 6.82. The highest BCUT2D eigenvalue weighted by atomic mass is 32.1. The molecule has 5 nitrogen and oxygen atoms in total. The van der Waals surface area contributed by atoms with Gasteiger partial charge >= 0.3 is 0 Å². The van der Waals surface area contributed by atoms with Crippen LogP contribution in [0.1, 0.15) is 29.3 Å². The Labute approximate surface area is 199 Å². The van der Waals surface area contributed by atoms with Crippen molar-refractivity contribution in [2.24, 2.45) is 0 Å². The number of piperazine rings is 1. The van der Waals surface area contributed by atoms with E-state index in [9.17, 15) is 4.79 Å². The molecule has 0 spiro atoms. The van der Waals surface area contributed by atoms with Crippen LogP contribution in [0.5, 0.6) is 0 Å². The monoisotopic (exact) mass is 458 g/mol. The summed E-state index contributed by atoms with van der Waals surface area (Å²) >= 11 is 1.60. The van der Waals surface area contributed by atoms with Crippen LogP contribution in [0.15, 0.2) is 54.0 Å². The van der Waals surface area contributed by atoms with Gasteiger partial charge in [0, 0.05) is 54.7 Å². The van der Waals surface area contributed by atoms with Crippen LogP contribution in [0.4, 0.5) is 5.69 Å². The molecule has 0 unspecified atom stereocenters. The van der Waals surface area contributed by atoms with Gasteiger partial charge in [0.25, 0.3) is 0 Å². The van der Waals surface area contributed by atoms with Gasteiger partial charge in [0.05, 0.1) is 12.1 Å². The number of fused-ring (bicyclic) bond motifs is 1. The Bertz CT molecular complexity index is 1280. The predicted molar refractivity (Wildman–Crippen MR) is 136 cm³/mol. The summed E-state index contributed by atoms with van der Waals surface area (Å²) in [6, 6.07) is 15.0. The van der Waals surface area contributed by atoms with Crippen LogP contribution in [-0.4, -0.2) is 46.4 Å². The highest BCUT2D eigenvalue weighted by molar-refractivity contribution is 7.15. The molecular formula is C27H30N4OS. The minimum atomic E-state index is 0.192. The Morgan fingerprint density at radius 3 is 2.52 bits per heavy atom. The Morgan fingerprint density at radius 1 is 1.03 bits per heavy atom. The summed E-state index contributed by atoms with van der Waals surface area (Å²) in [6.45, 7) is 9.77. The number of rotatable bonds is 5. The molecule has 0 bridgehead atoms. The molecule has 4 aromatic rings. The molecule has 5 rings (SSSR count). The molecule has 170 valence electrons. The van der Waals surface area contributed by atoms with Crippen molar-refractivity contribution in [2.75, 3.05) is 31.1 Å². The standard InChI is InChI=1S/C27H30N4OS/c1-4-21-8-10-22(11-9-21)24-17-31-23(18-33-27(31)28-24)16-26(32)30-14-12-29(13-15-30)25-7-5-6-19(2)20(25)3/h5-11,17-18H,4,12-16H2,1-3H3. The van der Waals surface area contributed by atoms with Crippen molar-refractivity contribution < 1.29 is 4.79 Å². The molecule has 2 aromatic carbocycles. The Hall–Kier alpha value is -3.12. The predicted octanol–water partition coefficient (Wildman–Crippen LogP) is 5.13. The number of thiazole rings is 1. The van der Waals surface area contributed by atoms with Gasteiger partial charge in [0.2, 0.25) is 5.91 Å². The fourth-order valence-corrected chi connectivity index (χ4v) is 5.42. The molecule has 0 saturated carbocycles. The van der Waals surface area contributed by atoms with Gasteiger partial charge in [-0.25, -0.2) is 4.98 Å². The van der Waals surface area contributed by atoms with Crippen LogP contribution < -0.4 is 4.90 Å². The third kappa shape index (κ3) is 4.27. The van der Waals surface area contributed by atoms with E-state index >= 15 is 0 Å². The largest absolute Gasteiger partial charge is 0.368 e. The van der Waals surface area contributed by atoms with E-state index in [1.54, 1.807) is 11.3 Å². The second-order valence-corrected chi connectivity index (χ2v) is 9.66. The second-order valence-electron chi connectivity index (χ2n) is 8.82. The highest BCUT2D eigenvalue weighted by Gasteiger charge is 2.23. The summed E-state index contributed by atoms with van der Waals surface area (Å²) in [6.07, 6.45) is 3.51. The number of aryl methyl sites for hydroxylation is 2. The zero-order valence-electron chi connectivity index (χ0n) is 19.5. The maximum absolute atomic E-state index is 13.1. The summed E-state index contributed by atoms with van der Waals surface area (Å²) in [7, 11) is 0. The molecule has 1 amide bonds. The number of carbonyl (C=O) groups is 1. The molecule has 0 atom stereocenters. The Morgan fingerprint density at radius 2 is 1.79 bits per heavy atom. The smallest absolute Gasteiger partial charge is 0.228 e. The molecule has 0 N–H and O–H groups in total. The minimum Gasteiger partial charge on any atom is -0.368 e. The number of carbonyl (C=O) groups excluding carboxylic acids is 1. The van der Waals surface area contributed by atoms with Crippen LogP contribution in [0.3, 0.4) is 0 Å². The van der Waals surface area contributed by atoms with E-state index < -0.39 is 0 Å². The average Bonchev–Trinajstić information content (AvgIpc) is 3.43. The van der Waals surface area contributed by atoms with Crippen LogP contribution >= 0.6 is 11.3 Å². The van der Waals surface area contributed by atoms with Crippen molar-refractivity contribution in [3.63, 3.8) is 0 Å². The number of nitrogens with zero attached hydrogens (tertiary/aromatic N) is 4. The van der Waals surface area contributed by atoms with Crippen LogP contribution in [0.2, 0.25) is 0 Å². The van der Waals surface area contributed by atoms with Crippen LogP contribution in [0.25, 0.3) is 16.2 Å². The van der Waals surface area contributed by atoms with E-state index in [0.717, 1.165) is 54.5 Å². The molecule has 0 radical (unpaired) electrons. The van der Waals surface area contributed by atoms with Gasteiger partial charge in [-0.15, -0.1) is 11.3 Å². The average molecular weight is 459 g/mol. The lowest BCUT2D eigenvalue weighted by Gasteiger charge is -2.37. The third-order valence-corrected chi connectivity index (χ3v) is 7.71. The number of imidazole rings is 1. The summed E-state index contributed by atoms with van der Waals surface area (Å²) < 4.78 is 2.08. The summed E-state index contributed by atoms with van der Waals surface area (Å²) in [5.74, 6) is 0.192. The number of hydrogen-bond acceptors (Lipinski definition) is 4. The zero-order valence-corrected chi connectivity index (χ0v) is 20.4. The molecule has 1 saturated heterocycles. The van der Waals surface area contributed by atoms with E-state index in [4.69, 9.17) is 4.98 Å². The molecule has 3 heterocycles. The van der Waals surface area contributed by atoms with E-state index in [1.165, 1.54) is 22.4 Å². The fourth-order valence-electron chi connectivity index (χ4n) is 4.55. The van der Waals surface area contributed by atoms with E-state index in [1.807, 2.05) is 4.90 Å². The highest BCUT2D eigenvalue weighted by Crippen LogP contribution is 2.26. The van der Waals surface area contributed by atoms with Gasteiger partial charge in [-0.05, 0) is 43.0 Å². The molecule has 1 fully saturated rings. The fraction of sp³-hybridized carbons (Fsp3) is 0.333. The SMILES string of the molecule is CCc1ccc(-c2cn3c(CC(=O)N4CCN(c5cccc(C)c5C)CC4)csc3n2)cc1. The quantitative estimate of drug-likeness (QED) is 0.416. The summed E-state index contributed by atoms with van der Waals surface area (Å²) in [4.78, 5) is 23.2. The lowest BCUT2D eigenvalue weighted by atomic mass is 10.1. The molecule has 2 aromatic heterocycles. The van der Waals surface area contributed by atoms with Gasteiger partial charge in [0.15, 0.2) is 4.96 Å². The number of anilines is 1. The first-order valence-corrected chi connectivity index (χ1v) is 12.5. The Kier molecular flexibility index (Phi) is 5.94. The normalized spacial score (nSPS) is 14.3. The minimum absolute atomic E-state index is 0.192. The van der Waals surface area contributed by atoms with Gasteiger partial charge < -0.3 is 9.80 Å². The van der Waals surface area contributed by atoms with E-state index in [2.05, 4.69) is 84.1 Å². The maximum Gasteiger partial charge on any atom is 0.228 e. The topological polar surface area (TPSA) is 40.9 Å². The lowest BCUT2D eigenvalue weighted by Crippen LogP contribution is -2.49. The van der Waals surface area contributed by atoms with Crippen molar-refractivity contribution in [2.45, 2.75) is 33.6 Å². The van der Waals surface area contributed by atoms with Crippen LogP contribution in [0, 0.1) is 13.8 Å². The first-order chi connectivity index (χ1) is 16.0. The number of hydrogen-bond donors (Lipinski definition) is 0.